The van der Waals surface area contributed by atoms with Gasteiger partial charge in [-0.25, -0.2) is 0 Å². The number of anilines is 1. The van der Waals surface area contributed by atoms with Crippen LogP contribution in [0, 0.1) is 0 Å². The zero-order chi connectivity index (χ0) is 17.7. The van der Waals surface area contributed by atoms with Gasteiger partial charge in [-0.15, -0.1) is 0 Å². The highest BCUT2D eigenvalue weighted by Crippen LogP contribution is 2.23. The lowest BCUT2D eigenvalue weighted by Gasteiger charge is -2.24. The molecule has 2 rings (SSSR count). The van der Waals surface area contributed by atoms with E-state index in [1.807, 2.05) is 37.3 Å². The predicted molar refractivity (Wildman–Crippen MR) is 102 cm³/mol. The van der Waals surface area contributed by atoms with Crippen LogP contribution in [0.5, 0.6) is 0 Å². The second kappa shape index (κ2) is 8.65. The number of amides is 1. The van der Waals surface area contributed by atoms with Gasteiger partial charge in [0.15, 0.2) is 0 Å². The molecule has 3 nitrogen and oxygen atoms in total. The Kier molecular flexibility index (Phi) is 6.84. The molecule has 0 saturated carbocycles. The van der Waals surface area contributed by atoms with Crippen molar-refractivity contribution < 1.29 is 9.00 Å². The molecule has 1 amide bonds. The van der Waals surface area contributed by atoms with Crippen LogP contribution in [0.15, 0.2) is 48.5 Å². The summed E-state index contributed by atoms with van der Waals surface area (Å²) >= 11 is 12.0. The van der Waals surface area contributed by atoms with Crippen molar-refractivity contribution in [2.75, 3.05) is 11.4 Å². The van der Waals surface area contributed by atoms with Crippen LogP contribution in [0.25, 0.3) is 0 Å². The van der Waals surface area contributed by atoms with E-state index in [-0.39, 0.29) is 11.7 Å². The Morgan fingerprint density at radius 2 is 1.83 bits per heavy atom. The molecule has 0 N–H and O–H groups in total. The van der Waals surface area contributed by atoms with Gasteiger partial charge in [0.2, 0.25) is 5.91 Å². The molecule has 0 aliphatic rings. The van der Waals surface area contributed by atoms with Crippen LogP contribution in [-0.2, 0) is 21.3 Å². The molecule has 0 fully saturated rings. The highest BCUT2D eigenvalue weighted by atomic mass is 35.5. The van der Waals surface area contributed by atoms with Gasteiger partial charge in [0.25, 0.3) is 0 Å². The molecule has 0 saturated heterocycles. The first-order chi connectivity index (χ1) is 11.4. The summed E-state index contributed by atoms with van der Waals surface area (Å²) < 4.78 is 12.6. The molecule has 24 heavy (non-hydrogen) atoms. The van der Waals surface area contributed by atoms with Gasteiger partial charge in [0.1, 0.15) is 5.25 Å². The van der Waals surface area contributed by atoms with Crippen LogP contribution >= 0.6 is 23.2 Å². The molecule has 2 aromatic rings. The van der Waals surface area contributed by atoms with E-state index in [1.165, 1.54) is 0 Å². The third kappa shape index (κ3) is 4.59. The maximum atomic E-state index is 12.7. The standard InChI is InChI=1S/C18H19Cl2NO2S/c1-3-21(16-7-5-4-6-8-16)18(22)13(2)24(23)12-14-9-10-15(19)11-17(14)20/h4-11,13H,3,12H2,1-2H3. The van der Waals surface area contributed by atoms with E-state index in [4.69, 9.17) is 23.2 Å². The predicted octanol–water partition coefficient (Wildman–Crippen LogP) is 4.68. The molecule has 0 aliphatic carbocycles. The summed E-state index contributed by atoms with van der Waals surface area (Å²) in [6.07, 6.45) is 0. The fourth-order valence-corrected chi connectivity index (χ4v) is 4.04. The van der Waals surface area contributed by atoms with Gasteiger partial charge < -0.3 is 4.90 Å². The van der Waals surface area contributed by atoms with Crippen molar-refractivity contribution in [3.63, 3.8) is 0 Å². The smallest absolute Gasteiger partial charge is 0.242 e. The largest absolute Gasteiger partial charge is 0.312 e. The van der Waals surface area contributed by atoms with Gasteiger partial charge in [-0.1, -0.05) is 47.5 Å². The fourth-order valence-electron chi connectivity index (χ4n) is 2.32. The summed E-state index contributed by atoms with van der Waals surface area (Å²) in [7, 11) is -1.38. The van der Waals surface area contributed by atoms with Gasteiger partial charge in [0.05, 0.1) is 5.75 Å². The SMILES string of the molecule is CCN(C(=O)C(C)S(=O)Cc1ccc(Cl)cc1Cl)c1ccccc1. The Hall–Kier alpha value is -1.36. The van der Waals surface area contributed by atoms with Crippen molar-refractivity contribution >= 4 is 45.6 Å². The molecule has 0 heterocycles. The summed E-state index contributed by atoms with van der Waals surface area (Å²) in [5.74, 6) is 0.0574. The molecule has 0 spiro atoms. The van der Waals surface area contributed by atoms with Crippen LogP contribution in [-0.4, -0.2) is 21.9 Å². The van der Waals surface area contributed by atoms with Crippen molar-refractivity contribution in [3.05, 3.63) is 64.1 Å². The molecule has 0 aliphatic heterocycles. The third-order valence-electron chi connectivity index (χ3n) is 3.71. The lowest BCUT2D eigenvalue weighted by Crippen LogP contribution is -2.40. The lowest BCUT2D eigenvalue weighted by molar-refractivity contribution is -0.117. The first-order valence-corrected chi connectivity index (χ1v) is 9.75. The second-order valence-electron chi connectivity index (χ2n) is 5.32. The molecule has 0 bridgehead atoms. The summed E-state index contributed by atoms with van der Waals surface area (Å²) in [6.45, 7) is 4.11. The van der Waals surface area contributed by atoms with Crippen LogP contribution < -0.4 is 4.90 Å². The Bertz CT molecular complexity index is 737. The minimum Gasteiger partial charge on any atom is -0.312 e. The zero-order valence-corrected chi connectivity index (χ0v) is 15.9. The number of carbonyl (C=O) groups is 1. The van der Waals surface area contributed by atoms with Crippen molar-refractivity contribution in [1.82, 2.24) is 0 Å². The van der Waals surface area contributed by atoms with Crippen LogP contribution in [0.1, 0.15) is 19.4 Å². The monoisotopic (exact) mass is 383 g/mol. The minimum atomic E-state index is -1.38. The third-order valence-corrected chi connectivity index (χ3v) is 5.88. The van der Waals surface area contributed by atoms with E-state index in [1.54, 1.807) is 30.0 Å². The quantitative estimate of drug-likeness (QED) is 0.725. The van der Waals surface area contributed by atoms with Crippen molar-refractivity contribution in [3.8, 4) is 0 Å². The number of rotatable bonds is 6. The minimum absolute atomic E-state index is 0.160. The number of hydrogen-bond donors (Lipinski definition) is 0. The van der Waals surface area contributed by atoms with Crippen molar-refractivity contribution in [1.29, 1.82) is 0 Å². The Balaban J connectivity index is 2.12. The number of halogens is 2. The number of hydrogen-bond acceptors (Lipinski definition) is 2. The highest BCUT2D eigenvalue weighted by Gasteiger charge is 2.26. The van der Waals surface area contributed by atoms with E-state index in [9.17, 15) is 9.00 Å². The first-order valence-electron chi connectivity index (χ1n) is 7.61. The van der Waals surface area contributed by atoms with Gasteiger partial charge in [-0.3, -0.25) is 9.00 Å². The molecule has 6 heteroatoms. The van der Waals surface area contributed by atoms with Crippen LogP contribution in [0.3, 0.4) is 0 Å². The molecule has 0 radical (unpaired) electrons. The molecular formula is C18H19Cl2NO2S. The van der Waals surface area contributed by atoms with Crippen LogP contribution in [0.4, 0.5) is 5.69 Å². The van der Waals surface area contributed by atoms with Gasteiger partial charge in [-0.05, 0) is 43.7 Å². The fraction of sp³-hybridized carbons (Fsp3) is 0.278. The first kappa shape index (κ1) is 19.0. The summed E-state index contributed by atoms with van der Waals surface area (Å²) in [5, 5.41) is 0.364. The molecule has 0 aromatic heterocycles. The van der Waals surface area contributed by atoms with E-state index in [2.05, 4.69) is 0 Å². The van der Waals surface area contributed by atoms with Gasteiger partial charge in [0, 0.05) is 33.1 Å². The number of para-hydroxylation sites is 1. The van der Waals surface area contributed by atoms with Crippen molar-refractivity contribution in [2.45, 2.75) is 24.9 Å². The average Bonchev–Trinajstić information content (AvgIpc) is 2.58. The molecule has 2 unspecified atom stereocenters. The Labute approximate surface area is 155 Å². The maximum Gasteiger partial charge on any atom is 0.242 e. The molecule has 2 atom stereocenters. The Morgan fingerprint density at radius 1 is 1.17 bits per heavy atom. The highest BCUT2D eigenvalue weighted by molar-refractivity contribution is 7.85. The molecule has 2 aromatic carbocycles. The second-order valence-corrected chi connectivity index (χ2v) is 7.92. The Morgan fingerprint density at radius 3 is 2.42 bits per heavy atom. The normalized spacial score (nSPS) is 13.3. The van der Waals surface area contributed by atoms with E-state index < -0.39 is 16.0 Å². The number of nitrogens with zero attached hydrogens (tertiary/aromatic N) is 1. The van der Waals surface area contributed by atoms with Crippen LogP contribution in [0.2, 0.25) is 10.0 Å². The summed E-state index contributed by atoms with van der Waals surface area (Å²) in [6, 6.07) is 14.4. The van der Waals surface area contributed by atoms with Gasteiger partial charge >= 0.3 is 0 Å². The topological polar surface area (TPSA) is 37.4 Å². The van der Waals surface area contributed by atoms with Gasteiger partial charge in [-0.2, -0.15) is 0 Å². The number of carbonyl (C=O) groups excluding carboxylic acids is 1. The van der Waals surface area contributed by atoms with E-state index in [0.717, 1.165) is 11.3 Å². The molecule has 128 valence electrons. The van der Waals surface area contributed by atoms with E-state index in [0.29, 0.717) is 16.6 Å². The summed E-state index contributed by atoms with van der Waals surface area (Å²) in [4.78, 5) is 14.4. The zero-order valence-electron chi connectivity index (χ0n) is 13.5. The molecular weight excluding hydrogens is 365 g/mol. The number of benzene rings is 2. The van der Waals surface area contributed by atoms with E-state index >= 15 is 0 Å². The maximum absolute atomic E-state index is 12.7. The van der Waals surface area contributed by atoms with Crippen molar-refractivity contribution in [2.24, 2.45) is 0 Å². The lowest BCUT2D eigenvalue weighted by atomic mass is 10.2. The average molecular weight is 384 g/mol. The summed E-state index contributed by atoms with van der Waals surface area (Å²) in [5.41, 5.74) is 1.53.